The van der Waals surface area contributed by atoms with E-state index in [1.807, 2.05) is 4.90 Å². The number of nitrogens with zero attached hydrogens (tertiary/aromatic N) is 1. The SMILES string of the molecule is Cc1ccc(C(N)CN2CCC(C)CCC2=O)cc1C. The summed E-state index contributed by atoms with van der Waals surface area (Å²) in [7, 11) is 0. The molecule has 2 N–H and O–H groups in total. The zero-order chi connectivity index (χ0) is 14.7. The molecular formula is C17H26N2O. The topological polar surface area (TPSA) is 46.3 Å². The number of hydrogen-bond acceptors (Lipinski definition) is 2. The molecular weight excluding hydrogens is 248 g/mol. The first-order valence-corrected chi connectivity index (χ1v) is 7.58. The Bertz CT molecular complexity index is 484. The first-order chi connectivity index (χ1) is 9.47. The summed E-state index contributed by atoms with van der Waals surface area (Å²) in [5.41, 5.74) is 9.96. The lowest BCUT2D eigenvalue weighted by atomic mass is 10.0. The van der Waals surface area contributed by atoms with Gasteiger partial charge >= 0.3 is 0 Å². The maximum Gasteiger partial charge on any atom is 0.222 e. The van der Waals surface area contributed by atoms with Crippen LogP contribution in [0, 0.1) is 19.8 Å². The monoisotopic (exact) mass is 274 g/mol. The molecule has 2 rings (SSSR count). The van der Waals surface area contributed by atoms with Gasteiger partial charge in [0, 0.05) is 25.6 Å². The number of amides is 1. The Labute approximate surface area is 122 Å². The Morgan fingerprint density at radius 2 is 2.05 bits per heavy atom. The molecule has 1 saturated heterocycles. The van der Waals surface area contributed by atoms with Gasteiger partial charge in [0.15, 0.2) is 0 Å². The summed E-state index contributed by atoms with van der Waals surface area (Å²) in [4.78, 5) is 14.1. The van der Waals surface area contributed by atoms with Gasteiger partial charge in [-0.3, -0.25) is 4.79 Å². The molecule has 0 aliphatic carbocycles. The van der Waals surface area contributed by atoms with Gasteiger partial charge in [0.05, 0.1) is 0 Å². The Morgan fingerprint density at radius 1 is 1.30 bits per heavy atom. The third-order valence-electron chi connectivity index (χ3n) is 4.47. The van der Waals surface area contributed by atoms with Crippen LogP contribution in [0.25, 0.3) is 0 Å². The maximum atomic E-state index is 12.1. The van der Waals surface area contributed by atoms with Crippen LogP contribution in [0.1, 0.15) is 48.9 Å². The quantitative estimate of drug-likeness (QED) is 0.921. The standard InChI is InChI=1S/C17H26N2O/c1-12-4-7-17(20)19(9-8-12)11-16(18)15-6-5-13(2)14(3)10-15/h5-6,10,12,16H,4,7-9,11,18H2,1-3H3. The number of carbonyl (C=O) groups is 1. The molecule has 1 fully saturated rings. The molecule has 0 spiro atoms. The minimum absolute atomic E-state index is 0.0911. The van der Waals surface area contributed by atoms with Gasteiger partial charge in [-0.1, -0.05) is 25.1 Å². The number of aryl methyl sites for hydroxylation is 2. The van der Waals surface area contributed by atoms with Gasteiger partial charge in [-0.25, -0.2) is 0 Å². The van der Waals surface area contributed by atoms with Gasteiger partial charge in [0.25, 0.3) is 0 Å². The second-order valence-corrected chi connectivity index (χ2v) is 6.22. The van der Waals surface area contributed by atoms with Gasteiger partial charge < -0.3 is 10.6 Å². The molecule has 0 saturated carbocycles. The van der Waals surface area contributed by atoms with E-state index >= 15 is 0 Å². The average Bonchev–Trinajstić information content (AvgIpc) is 2.57. The van der Waals surface area contributed by atoms with Crippen LogP contribution < -0.4 is 5.73 Å². The average molecular weight is 274 g/mol. The van der Waals surface area contributed by atoms with E-state index in [0.29, 0.717) is 18.9 Å². The van der Waals surface area contributed by atoms with Crippen LogP contribution in [-0.2, 0) is 4.79 Å². The largest absolute Gasteiger partial charge is 0.341 e. The van der Waals surface area contributed by atoms with Crippen LogP contribution in [0.15, 0.2) is 18.2 Å². The van der Waals surface area contributed by atoms with Gasteiger partial charge in [0.2, 0.25) is 5.91 Å². The van der Waals surface area contributed by atoms with Crippen molar-refractivity contribution in [2.45, 2.75) is 46.1 Å². The predicted octanol–water partition coefficient (Wildman–Crippen LogP) is 2.95. The van der Waals surface area contributed by atoms with Crippen molar-refractivity contribution in [2.24, 2.45) is 11.7 Å². The highest BCUT2D eigenvalue weighted by molar-refractivity contribution is 5.76. The molecule has 0 radical (unpaired) electrons. The van der Waals surface area contributed by atoms with E-state index in [9.17, 15) is 4.79 Å². The van der Waals surface area contributed by atoms with E-state index in [1.54, 1.807) is 0 Å². The maximum absolute atomic E-state index is 12.1. The Hall–Kier alpha value is -1.35. The number of hydrogen-bond donors (Lipinski definition) is 1. The fourth-order valence-electron chi connectivity index (χ4n) is 2.70. The lowest BCUT2D eigenvalue weighted by Gasteiger charge is -2.25. The van der Waals surface area contributed by atoms with Crippen molar-refractivity contribution in [3.8, 4) is 0 Å². The van der Waals surface area contributed by atoms with Crippen LogP contribution in [-0.4, -0.2) is 23.9 Å². The molecule has 2 unspecified atom stereocenters. The minimum atomic E-state index is -0.0911. The van der Waals surface area contributed by atoms with E-state index in [-0.39, 0.29) is 11.9 Å². The summed E-state index contributed by atoms with van der Waals surface area (Å²) in [6, 6.07) is 6.24. The molecule has 0 bridgehead atoms. The number of benzene rings is 1. The molecule has 3 nitrogen and oxygen atoms in total. The molecule has 20 heavy (non-hydrogen) atoms. The Balaban J connectivity index is 2.04. The van der Waals surface area contributed by atoms with E-state index in [2.05, 4.69) is 39.0 Å². The van der Waals surface area contributed by atoms with Crippen LogP contribution in [0.3, 0.4) is 0 Å². The molecule has 1 aromatic carbocycles. The van der Waals surface area contributed by atoms with Crippen molar-refractivity contribution in [3.63, 3.8) is 0 Å². The highest BCUT2D eigenvalue weighted by atomic mass is 16.2. The summed E-state index contributed by atoms with van der Waals surface area (Å²) in [5, 5.41) is 0. The summed E-state index contributed by atoms with van der Waals surface area (Å²) in [6.07, 6.45) is 2.76. The molecule has 2 atom stereocenters. The normalized spacial score (nSPS) is 21.7. The molecule has 1 aliphatic rings. The van der Waals surface area contributed by atoms with Gasteiger partial charge in [0.1, 0.15) is 0 Å². The van der Waals surface area contributed by atoms with Crippen molar-refractivity contribution < 1.29 is 4.79 Å². The van der Waals surface area contributed by atoms with E-state index in [4.69, 9.17) is 5.73 Å². The molecule has 110 valence electrons. The first kappa shape index (κ1) is 15.0. The van der Waals surface area contributed by atoms with Crippen molar-refractivity contribution in [3.05, 3.63) is 34.9 Å². The highest BCUT2D eigenvalue weighted by Crippen LogP contribution is 2.21. The summed E-state index contributed by atoms with van der Waals surface area (Å²) in [6.45, 7) is 7.90. The fourth-order valence-corrected chi connectivity index (χ4v) is 2.70. The second-order valence-electron chi connectivity index (χ2n) is 6.22. The third-order valence-corrected chi connectivity index (χ3v) is 4.47. The van der Waals surface area contributed by atoms with E-state index in [1.165, 1.54) is 11.1 Å². The van der Waals surface area contributed by atoms with Crippen LogP contribution >= 0.6 is 0 Å². The van der Waals surface area contributed by atoms with Crippen LogP contribution in [0.5, 0.6) is 0 Å². The molecule has 0 aromatic heterocycles. The molecule has 1 amide bonds. The summed E-state index contributed by atoms with van der Waals surface area (Å²) >= 11 is 0. The van der Waals surface area contributed by atoms with Gasteiger partial charge in [-0.05, 0) is 49.3 Å². The number of likely N-dealkylation sites (tertiary alicyclic amines) is 1. The lowest BCUT2D eigenvalue weighted by molar-refractivity contribution is -0.130. The molecule has 1 aliphatic heterocycles. The van der Waals surface area contributed by atoms with Crippen molar-refractivity contribution in [2.75, 3.05) is 13.1 Å². The summed E-state index contributed by atoms with van der Waals surface area (Å²) < 4.78 is 0. The van der Waals surface area contributed by atoms with Crippen LogP contribution in [0.4, 0.5) is 0 Å². The number of nitrogens with two attached hydrogens (primary N) is 1. The zero-order valence-electron chi connectivity index (χ0n) is 12.9. The fraction of sp³-hybridized carbons (Fsp3) is 0.588. The molecule has 3 heteroatoms. The van der Waals surface area contributed by atoms with Crippen molar-refractivity contribution >= 4 is 5.91 Å². The minimum Gasteiger partial charge on any atom is -0.341 e. The smallest absolute Gasteiger partial charge is 0.222 e. The second kappa shape index (κ2) is 6.40. The Kier molecular flexibility index (Phi) is 4.81. The lowest BCUT2D eigenvalue weighted by Crippen LogP contribution is -2.36. The highest BCUT2D eigenvalue weighted by Gasteiger charge is 2.22. The number of carbonyl (C=O) groups excluding carboxylic acids is 1. The van der Waals surface area contributed by atoms with Gasteiger partial charge in [-0.2, -0.15) is 0 Å². The third kappa shape index (κ3) is 3.60. The summed E-state index contributed by atoms with van der Waals surface area (Å²) in [5.74, 6) is 0.899. The van der Waals surface area contributed by atoms with Crippen molar-refractivity contribution in [1.29, 1.82) is 0 Å². The predicted molar refractivity (Wildman–Crippen MR) is 82.4 cm³/mol. The Morgan fingerprint density at radius 3 is 2.75 bits per heavy atom. The zero-order valence-corrected chi connectivity index (χ0v) is 12.9. The molecule has 1 heterocycles. The van der Waals surface area contributed by atoms with E-state index < -0.39 is 0 Å². The van der Waals surface area contributed by atoms with Crippen LogP contribution in [0.2, 0.25) is 0 Å². The van der Waals surface area contributed by atoms with Gasteiger partial charge in [-0.15, -0.1) is 0 Å². The van der Waals surface area contributed by atoms with E-state index in [0.717, 1.165) is 24.9 Å². The molecule has 1 aromatic rings. The first-order valence-electron chi connectivity index (χ1n) is 7.58. The number of rotatable bonds is 3. The van der Waals surface area contributed by atoms with Crippen molar-refractivity contribution in [1.82, 2.24) is 4.90 Å².